The van der Waals surface area contributed by atoms with E-state index < -0.39 is 11.9 Å². The fourth-order valence-electron chi connectivity index (χ4n) is 2.55. The van der Waals surface area contributed by atoms with Crippen LogP contribution in [0.15, 0.2) is 30.3 Å². The summed E-state index contributed by atoms with van der Waals surface area (Å²) < 4.78 is 0. The maximum atomic E-state index is 12.1. The minimum absolute atomic E-state index is 0.0595. The smallest absolute Gasteiger partial charge is 0.308 e. The van der Waals surface area contributed by atoms with Gasteiger partial charge in [0.25, 0.3) is 0 Å². The number of carbonyl (C=O) groups is 3. The predicted octanol–water partition coefficient (Wildman–Crippen LogP) is 1.97. The number of hydrogen-bond donors (Lipinski definition) is 1. The zero-order valence-corrected chi connectivity index (χ0v) is 11.8. The SMILES string of the molecule is O=C(CCC(=O)N1CCC[C@H](C(=O)O)C1)c1ccccc1. The molecule has 112 valence electrons. The van der Waals surface area contributed by atoms with E-state index in [0.717, 1.165) is 0 Å². The van der Waals surface area contributed by atoms with Crippen LogP contribution in [0.3, 0.4) is 0 Å². The molecule has 0 unspecified atom stereocenters. The van der Waals surface area contributed by atoms with Gasteiger partial charge in [0.1, 0.15) is 0 Å². The van der Waals surface area contributed by atoms with Gasteiger partial charge in [-0.2, -0.15) is 0 Å². The van der Waals surface area contributed by atoms with E-state index in [1.165, 1.54) is 0 Å². The molecule has 0 bridgehead atoms. The largest absolute Gasteiger partial charge is 0.481 e. The Labute approximate surface area is 123 Å². The lowest BCUT2D eigenvalue weighted by molar-refractivity contribution is -0.145. The summed E-state index contributed by atoms with van der Waals surface area (Å²) in [7, 11) is 0. The zero-order chi connectivity index (χ0) is 15.2. The van der Waals surface area contributed by atoms with E-state index in [0.29, 0.717) is 24.9 Å². The molecule has 1 aliphatic rings. The number of ketones is 1. The van der Waals surface area contributed by atoms with Gasteiger partial charge in [0.05, 0.1) is 5.92 Å². The Morgan fingerprint density at radius 2 is 1.86 bits per heavy atom. The van der Waals surface area contributed by atoms with E-state index in [1.807, 2.05) is 6.07 Å². The van der Waals surface area contributed by atoms with Crippen LogP contribution in [-0.2, 0) is 9.59 Å². The first-order chi connectivity index (χ1) is 10.1. The summed E-state index contributed by atoms with van der Waals surface area (Å²) in [4.78, 5) is 36.6. The van der Waals surface area contributed by atoms with Gasteiger partial charge in [0.2, 0.25) is 5.91 Å². The second-order valence-electron chi connectivity index (χ2n) is 5.31. The number of likely N-dealkylation sites (tertiary alicyclic amines) is 1. The number of benzene rings is 1. The molecule has 1 atom stereocenters. The summed E-state index contributed by atoms with van der Waals surface area (Å²) >= 11 is 0. The van der Waals surface area contributed by atoms with E-state index in [9.17, 15) is 14.4 Å². The number of aliphatic carboxylic acids is 1. The number of carbonyl (C=O) groups excluding carboxylic acids is 2. The van der Waals surface area contributed by atoms with Gasteiger partial charge >= 0.3 is 5.97 Å². The molecule has 1 fully saturated rings. The van der Waals surface area contributed by atoms with Gasteiger partial charge in [-0.1, -0.05) is 30.3 Å². The van der Waals surface area contributed by atoms with Crippen molar-refractivity contribution in [2.24, 2.45) is 5.92 Å². The van der Waals surface area contributed by atoms with Crippen LogP contribution in [0.5, 0.6) is 0 Å². The van der Waals surface area contributed by atoms with Crippen molar-refractivity contribution in [1.82, 2.24) is 4.90 Å². The molecule has 21 heavy (non-hydrogen) atoms. The highest BCUT2D eigenvalue weighted by Gasteiger charge is 2.28. The molecule has 1 amide bonds. The number of rotatable bonds is 5. The van der Waals surface area contributed by atoms with Crippen molar-refractivity contribution in [3.05, 3.63) is 35.9 Å². The molecular weight excluding hydrogens is 270 g/mol. The summed E-state index contributed by atoms with van der Waals surface area (Å²) in [5.41, 5.74) is 0.604. The lowest BCUT2D eigenvalue weighted by atomic mass is 9.97. The molecule has 5 heteroatoms. The number of amides is 1. The highest BCUT2D eigenvalue weighted by atomic mass is 16.4. The van der Waals surface area contributed by atoms with Gasteiger partial charge in [-0.15, -0.1) is 0 Å². The molecule has 1 heterocycles. The van der Waals surface area contributed by atoms with E-state index in [2.05, 4.69) is 0 Å². The van der Waals surface area contributed by atoms with E-state index >= 15 is 0 Å². The molecule has 5 nitrogen and oxygen atoms in total. The molecule has 1 saturated heterocycles. The van der Waals surface area contributed by atoms with E-state index in [-0.39, 0.29) is 31.1 Å². The van der Waals surface area contributed by atoms with Crippen LogP contribution in [0.4, 0.5) is 0 Å². The van der Waals surface area contributed by atoms with Crippen LogP contribution in [-0.4, -0.2) is 40.8 Å². The molecule has 0 saturated carbocycles. The first-order valence-corrected chi connectivity index (χ1v) is 7.17. The molecule has 1 aliphatic heterocycles. The van der Waals surface area contributed by atoms with Crippen molar-refractivity contribution >= 4 is 17.7 Å². The quantitative estimate of drug-likeness (QED) is 0.841. The summed E-state index contributed by atoms with van der Waals surface area (Å²) in [6.07, 6.45) is 1.62. The maximum absolute atomic E-state index is 12.1. The van der Waals surface area contributed by atoms with Crippen LogP contribution in [0.1, 0.15) is 36.0 Å². The Hall–Kier alpha value is -2.17. The van der Waals surface area contributed by atoms with Crippen molar-refractivity contribution in [3.63, 3.8) is 0 Å². The van der Waals surface area contributed by atoms with Crippen molar-refractivity contribution in [2.45, 2.75) is 25.7 Å². The third kappa shape index (κ3) is 4.15. The van der Waals surface area contributed by atoms with Crippen LogP contribution < -0.4 is 0 Å². The number of piperidine rings is 1. The Bertz CT molecular complexity index is 526. The first-order valence-electron chi connectivity index (χ1n) is 7.17. The zero-order valence-electron chi connectivity index (χ0n) is 11.8. The Balaban J connectivity index is 1.84. The van der Waals surface area contributed by atoms with E-state index in [4.69, 9.17) is 5.11 Å². The number of Topliss-reactive ketones (excluding diaryl/α,β-unsaturated/α-hetero) is 1. The Morgan fingerprint density at radius 1 is 1.14 bits per heavy atom. The Morgan fingerprint density at radius 3 is 2.52 bits per heavy atom. The van der Waals surface area contributed by atoms with Crippen molar-refractivity contribution in [2.75, 3.05) is 13.1 Å². The monoisotopic (exact) mass is 289 g/mol. The first kappa shape index (κ1) is 15.2. The number of carboxylic acid groups (broad SMARTS) is 1. The number of carboxylic acids is 1. The molecule has 1 aromatic carbocycles. The van der Waals surface area contributed by atoms with Gasteiger partial charge in [-0.05, 0) is 12.8 Å². The second-order valence-corrected chi connectivity index (χ2v) is 5.31. The highest BCUT2D eigenvalue weighted by molar-refractivity contribution is 5.97. The molecule has 0 aromatic heterocycles. The lowest BCUT2D eigenvalue weighted by Crippen LogP contribution is -2.42. The average molecular weight is 289 g/mol. The highest BCUT2D eigenvalue weighted by Crippen LogP contribution is 2.18. The third-order valence-corrected chi connectivity index (χ3v) is 3.79. The van der Waals surface area contributed by atoms with Gasteiger partial charge in [0, 0.05) is 31.5 Å². The summed E-state index contributed by atoms with van der Waals surface area (Å²) in [5, 5.41) is 9.01. The fourth-order valence-corrected chi connectivity index (χ4v) is 2.55. The topological polar surface area (TPSA) is 74.7 Å². The summed E-state index contributed by atoms with van der Waals surface area (Å²) in [6, 6.07) is 8.87. The van der Waals surface area contributed by atoms with Crippen LogP contribution in [0, 0.1) is 5.92 Å². The summed E-state index contributed by atoms with van der Waals surface area (Å²) in [5.74, 6) is -1.53. The molecule has 0 radical (unpaired) electrons. The van der Waals surface area contributed by atoms with Crippen molar-refractivity contribution in [1.29, 1.82) is 0 Å². The van der Waals surface area contributed by atoms with Gasteiger partial charge < -0.3 is 10.0 Å². The molecule has 2 rings (SSSR count). The summed E-state index contributed by atoms with van der Waals surface area (Å²) in [6.45, 7) is 0.843. The van der Waals surface area contributed by atoms with Crippen molar-refractivity contribution in [3.8, 4) is 0 Å². The van der Waals surface area contributed by atoms with E-state index in [1.54, 1.807) is 29.2 Å². The van der Waals surface area contributed by atoms with Gasteiger partial charge in [-0.3, -0.25) is 14.4 Å². The molecule has 1 N–H and O–H groups in total. The minimum atomic E-state index is -0.854. The maximum Gasteiger partial charge on any atom is 0.308 e. The Kier molecular flexibility index (Phi) is 5.09. The molecule has 1 aromatic rings. The molecule has 0 spiro atoms. The second kappa shape index (κ2) is 7.02. The third-order valence-electron chi connectivity index (χ3n) is 3.79. The van der Waals surface area contributed by atoms with Crippen LogP contribution in [0.2, 0.25) is 0 Å². The van der Waals surface area contributed by atoms with Gasteiger partial charge in [0.15, 0.2) is 5.78 Å². The van der Waals surface area contributed by atoms with Crippen LogP contribution in [0.25, 0.3) is 0 Å². The predicted molar refractivity (Wildman–Crippen MR) is 76.9 cm³/mol. The van der Waals surface area contributed by atoms with Crippen LogP contribution >= 0.6 is 0 Å². The lowest BCUT2D eigenvalue weighted by Gasteiger charge is -2.30. The molecule has 0 aliphatic carbocycles. The normalized spacial score (nSPS) is 18.3. The average Bonchev–Trinajstić information content (AvgIpc) is 2.53. The van der Waals surface area contributed by atoms with Gasteiger partial charge in [-0.25, -0.2) is 0 Å². The minimum Gasteiger partial charge on any atom is -0.481 e. The number of hydrogen-bond acceptors (Lipinski definition) is 3. The standard InChI is InChI=1S/C16H19NO4/c18-14(12-5-2-1-3-6-12)8-9-15(19)17-10-4-7-13(11-17)16(20)21/h1-3,5-6,13H,4,7-11H2,(H,20,21)/t13-/m0/s1. The number of nitrogens with zero attached hydrogens (tertiary/aromatic N) is 1. The molecular formula is C16H19NO4. The van der Waals surface area contributed by atoms with Crippen molar-refractivity contribution < 1.29 is 19.5 Å². The fraction of sp³-hybridized carbons (Fsp3) is 0.438.